The summed E-state index contributed by atoms with van der Waals surface area (Å²) in [5.41, 5.74) is 5.80. The minimum absolute atomic E-state index is 0. The molecule has 0 aromatic heterocycles. The van der Waals surface area contributed by atoms with Crippen LogP contribution >= 0.6 is 12.4 Å². The first-order valence-electron chi connectivity index (χ1n) is 3.86. The monoisotopic (exact) mass is 223 g/mol. The van der Waals surface area contributed by atoms with E-state index in [0.717, 1.165) is 6.07 Å². The van der Waals surface area contributed by atoms with E-state index in [-0.39, 0.29) is 23.7 Å². The molecule has 14 heavy (non-hydrogen) atoms. The molecule has 0 aliphatic heterocycles. The van der Waals surface area contributed by atoms with Gasteiger partial charge in [-0.1, -0.05) is 0 Å². The minimum atomic E-state index is -0.964. The van der Waals surface area contributed by atoms with Gasteiger partial charge in [0.25, 0.3) is 0 Å². The van der Waals surface area contributed by atoms with E-state index in [1.807, 2.05) is 0 Å². The first-order chi connectivity index (χ1) is 6.06. The summed E-state index contributed by atoms with van der Waals surface area (Å²) in [6.07, 6.45) is 0. The van der Waals surface area contributed by atoms with Crippen LogP contribution in [0.3, 0.4) is 0 Å². The Labute approximate surface area is 87.1 Å². The van der Waals surface area contributed by atoms with Crippen molar-refractivity contribution in [1.29, 1.82) is 0 Å². The predicted octanol–water partition coefficient (Wildman–Crippen LogP) is 2.23. The quantitative estimate of drug-likeness (QED) is 0.808. The van der Waals surface area contributed by atoms with Crippen LogP contribution in [0.25, 0.3) is 0 Å². The van der Waals surface area contributed by atoms with Gasteiger partial charge in [-0.25, -0.2) is 8.78 Å². The Hall–Kier alpha value is -0.870. The van der Waals surface area contributed by atoms with Gasteiger partial charge in [0.1, 0.15) is 18.2 Å². The standard InChI is InChI=1S/C9H11F2NO.ClH/c1-5-2-6(11)3-7(9(5)13)8(12)4-10;/h2-3,8,13H,4,12H2,1H3;1H/t8-;/m1./s1. The fraction of sp³-hybridized carbons (Fsp3) is 0.333. The third-order valence-corrected chi connectivity index (χ3v) is 1.86. The first kappa shape index (κ1) is 13.1. The van der Waals surface area contributed by atoms with E-state index in [4.69, 9.17) is 5.73 Å². The minimum Gasteiger partial charge on any atom is -0.507 e. The Bertz CT molecular complexity index is 320. The summed E-state index contributed by atoms with van der Waals surface area (Å²) in [5.74, 6) is -0.652. The van der Waals surface area contributed by atoms with Gasteiger partial charge in [0.05, 0.1) is 6.04 Å². The highest BCUT2D eigenvalue weighted by atomic mass is 35.5. The molecule has 1 aromatic rings. The number of phenolic OH excluding ortho intramolecular Hbond substituents is 1. The maximum Gasteiger partial charge on any atom is 0.124 e. The second-order valence-electron chi connectivity index (χ2n) is 2.92. The van der Waals surface area contributed by atoms with Crippen molar-refractivity contribution in [3.8, 4) is 5.75 Å². The van der Waals surface area contributed by atoms with E-state index >= 15 is 0 Å². The molecule has 0 unspecified atom stereocenters. The van der Waals surface area contributed by atoms with Crippen molar-refractivity contribution < 1.29 is 13.9 Å². The van der Waals surface area contributed by atoms with Crippen molar-refractivity contribution in [2.45, 2.75) is 13.0 Å². The van der Waals surface area contributed by atoms with Crippen molar-refractivity contribution in [2.75, 3.05) is 6.67 Å². The number of hydrogen-bond donors (Lipinski definition) is 2. The van der Waals surface area contributed by atoms with E-state index in [0.29, 0.717) is 5.56 Å². The zero-order valence-electron chi connectivity index (χ0n) is 7.63. The SMILES string of the molecule is Cc1cc(F)cc([C@H](N)CF)c1O.Cl. The average Bonchev–Trinajstić information content (AvgIpc) is 2.10. The Morgan fingerprint density at radius 1 is 1.50 bits per heavy atom. The highest BCUT2D eigenvalue weighted by molar-refractivity contribution is 5.85. The average molecular weight is 224 g/mol. The molecule has 0 heterocycles. The Morgan fingerprint density at radius 3 is 2.57 bits per heavy atom. The van der Waals surface area contributed by atoms with Gasteiger partial charge in [0.15, 0.2) is 0 Å². The molecule has 0 saturated carbocycles. The van der Waals surface area contributed by atoms with E-state index in [1.165, 1.54) is 13.0 Å². The highest BCUT2D eigenvalue weighted by Gasteiger charge is 2.13. The zero-order valence-corrected chi connectivity index (χ0v) is 8.44. The number of rotatable bonds is 2. The highest BCUT2D eigenvalue weighted by Crippen LogP contribution is 2.27. The van der Waals surface area contributed by atoms with Gasteiger partial charge in [0, 0.05) is 5.56 Å². The predicted molar refractivity (Wildman–Crippen MR) is 53.0 cm³/mol. The number of aromatic hydroxyl groups is 1. The van der Waals surface area contributed by atoms with Crippen LogP contribution in [0.15, 0.2) is 12.1 Å². The second kappa shape index (κ2) is 5.12. The number of phenols is 1. The van der Waals surface area contributed by atoms with Crippen LogP contribution in [0.5, 0.6) is 5.75 Å². The lowest BCUT2D eigenvalue weighted by Gasteiger charge is -2.11. The summed E-state index contributed by atoms with van der Waals surface area (Å²) >= 11 is 0. The lowest BCUT2D eigenvalue weighted by Crippen LogP contribution is -2.13. The smallest absolute Gasteiger partial charge is 0.124 e. The van der Waals surface area contributed by atoms with Crippen LogP contribution in [0.1, 0.15) is 17.2 Å². The van der Waals surface area contributed by atoms with Gasteiger partial charge in [-0.2, -0.15) is 0 Å². The third kappa shape index (κ3) is 2.56. The van der Waals surface area contributed by atoms with Gasteiger partial charge < -0.3 is 10.8 Å². The van der Waals surface area contributed by atoms with Crippen LogP contribution in [0.4, 0.5) is 8.78 Å². The first-order valence-corrected chi connectivity index (χ1v) is 3.86. The second-order valence-corrected chi connectivity index (χ2v) is 2.92. The van der Waals surface area contributed by atoms with Gasteiger partial charge in [0.2, 0.25) is 0 Å². The molecule has 1 rings (SSSR count). The van der Waals surface area contributed by atoms with Crippen molar-refractivity contribution in [2.24, 2.45) is 5.73 Å². The molecular formula is C9H12ClF2NO. The Balaban J connectivity index is 0.00000169. The maximum atomic E-state index is 12.8. The maximum absolute atomic E-state index is 12.8. The molecule has 2 nitrogen and oxygen atoms in total. The normalized spacial score (nSPS) is 12.0. The molecule has 0 aliphatic rings. The Kier molecular flexibility index (Phi) is 4.80. The summed E-state index contributed by atoms with van der Waals surface area (Å²) in [6.45, 7) is 0.712. The van der Waals surface area contributed by atoms with Crippen LogP contribution in [-0.2, 0) is 0 Å². The van der Waals surface area contributed by atoms with Gasteiger partial charge in [-0.15, -0.1) is 12.4 Å². The van der Waals surface area contributed by atoms with E-state index in [2.05, 4.69) is 0 Å². The molecule has 0 aliphatic carbocycles. The fourth-order valence-corrected chi connectivity index (χ4v) is 1.13. The van der Waals surface area contributed by atoms with E-state index in [1.54, 1.807) is 0 Å². The Morgan fingerprint density at radius 2 is 2.07 bits per heavy atom. The number of alkyl halides is 1. The molecule has 0 amide bonds. The molecule has 0 saturated heterocycles. The van der Waals surface area contributed by atoms with Crippen LogP contribution in [-0.4, -0.2) is 11.8 Å². The summed E-state index contributed by atoms with van der Waals surface area (Å²) in [4.78, 5) is 0. The third-order valence-electron chi connectivity index (χ3n) is 1.86. The number of nitrogens with two attached hydrogens (primary N) is 1. The van der Waals surface area contributed by atoms with Crippen molar-refractivity contribution in [1.82, 2.24) is 0 Å². The lowest BCUT2D eigenvalue weighted by molar-refractivity contribution is 0.410. The van der Waals surface area contributed by atoms with Gasteiger partial charge in [-0.05, 0) is 24.6 Å². The number of benzene rings is 1. The largest absolute Gasteiger partial charge is 0.507 e. The topological polar surface area (TPSA) is 46.2 Å². The van der Waals surface area contributed by atoms with Crippen molar-refractivity contribution in [3.63, 3.8) is 0 Å². The van der Waals surface area contributed by atoms with Crippen molar-refractivity contribution in [3.05, 3.63) is 29.1 Å². The van der Waals surface area contributed by atoms with Crippen LogP contribution < -0.4 is 5.73 Å². The van der Waals surface area contributed by atoms with Crippen LogP contribution in [0.2, 0.25) is 0 Å². The molecule has 5 heteroatoms. The molecular weight excluding hydrogens is 212 g/mol. The van der Waals surface area contributed by atoms with E-state index < -0.39 is 18.5 Å². The zero-order chi connectivity index (χ0) is 10.0. The lowest BCUT2D eigenvalue weighted by atomic mass is 10.0. The molecule has 1 atom stereocenters. The number of halogens is 3. The van der Waals surface area contributed by atoms with Gasteiger partial charge >= 0.3 is 0 Å². The molecule has 1 aromatic carbocycles. The molecule has 3 N–H and O–H groups in total. The summed E-state index contributed by atoms with van der Waals surface area (Å²) < 4.78 is 25.0. The van der Waals surface area contributed by atoms with Gasteiger partial charge in [-0.3, -0.25) is 0 Å². The summed E-state index contributed by atoms with van der Waals surface area (Å²) in [5, 5.41) is 9.41. The van der Waals surface area contributed by atoms with Crippen molar-refractivity contribution >= 4 is 12.4 Å². The summed E-state index contributed by atoms with van der Waals surface area (Å²) in [7, 11) is 0. The fourth-order valence-electron chi connectivity index (χ4n) is 1.13. The van der Waals surface area contributed by atoms with Crippen LogP contribution in [0, 0.1) is 12.7 Å². The molecule has 80 valence electrons. The molecule has 0 spiro atoms. The number of aryl methyl sites for hydroxylation is 1. The number of hydrogen-bond acceptors (Lipinski definition) is 2. The summed E-state index contributed by atoms with van der Waals surface area (Å²) in [6, 6.07) is 1.26. The van der Waals surface area contributed by atoms with E-state index in [9.17, 15) is 13.9 Å². The molecule has 0 bridgehead atoms. The molecule has 0 fully saturated rings. The molecule has 0 radical (unpaired) electrons.